The van der Waals surface area contributed by atoms with E-state index in [-0.39, 0.29) is 5.56 Å². The van der Waals surface area contributed by atoms with Crippen LogP contribution in [0.3, 0.4) is 0 Å². The molecule has 0 aromatic carbocycles. The van der Waals surface area contributed by atoms with Gasteiger partial charge in [0.1, 0.15) is 11.4 Å². The van der Waals surface area contributed by atoms with Gasteiger partial charge in [-0.3, -0.25) is 0 Å². The Labute approximate surface area is 96.2 Å². The fourth-order valence-electron chi connectivity index (χ4n) is 1.06. The predicted octanol–water partition coefficient (Wildman–Crippen LogP) is 2.49. The summed E-state index contributed by atoms with van der Waals surface area (Å²) in [5.41, 5.74) is 0.195. The summed E-state index contributed by atoms with van der Waals surface area (Å²) in [5.74, 6) is -0.561. The fraction of sp³-hybridized carbons (Fsp3) is 0.200. The first-order valence-corrected chi connectivity index (χ1v) is 5.34. The van der Waals surface area contributed by atoms with Crippen LogP contribution in [0.25, 0.3) is 0 Å². The van der Waals surface area contributed by atoms with Gasteiger partial charge in [0.2, 0.25) is 0 Å². The second-order valence-electron chi connectivity index (χ2n) is 2.78. The van der Waals surface area contributed by atoms with Crippen LogP contribution in [0.15, 0.2) is 29.4 Å². The highest BCUT2D eigenvalue weighted by atomic mass is 79.9. The van der Waals surface area contributed by atoms with Gasteiger partial charge in [-0.05, 0) is 23.5 Å². The quantitative estimate of drug-likeness (QED) is 0.807. The zero-order valence-electron chi connectivity index (χ0n) is 7.98. The summed E-state index contributed by atoms with van der Waals surface area (Å²) in [6, 6.07) is 3.13. The Kier molecular flexibility index (Phi) is 4.83. The van der Waals surface area contributed by atoms with Gasteiger partial charge < -0.3 is 10.4 Å². The molecule has 0 spiro atoms. The van der Waals surface area contributed by atoms with Gasteiger partial charge in [0.25, 0.3) is 0 Å². The van der Waals surface area contributed by atoms with E-state index in [1.54, 1.807) is 17.2 Å². The molecule has 0 unspecified atom stereocenters. The van der Waals surface area contributed by atoms with E-state index in [9.17, 15) is 4.79 Å². The number of hydrogen-bond acceptors (Lipinski definition) is 3. The Hall–Kier alpha value is -1.36. The van der Waals surface area contributed by atoms with E-state index >= 15 is 0 Å². The molecule has 1 heterocycles. The van der Waals surface area contributed by atoms with Crippen LogP contribution in [0.1, 0.15) is 16.8 Å². The lowest BCUT2D eigenvalue weighted by Crippen LogP contribution is -2.08. The van der Waals surface area contributed by atoms with Crippen molar-refractivity contribution in [3.8, 4) is 0 Å². The maximum atomic E-state index is 10.8. The average molecular weight is 271 g/mol. The number of hydrogen-bond donors (Lipinski definition) is 2. The SMILES string of the molecule is O=C(O)c1cccnc1NCC/C=C/Br. The van der Waals surface area contributed by atoms with Crippen molar-refractivity contribution in [1.29, 1.82) is 0 Å². The van der Waals surface area contributed by atoms with E-state index in [2.05, 4.69) is 26.2 Å². The molecule has 0 atom stereocenters. The van der Waals surface area contributed by atoms with Crippen LogP contribution in [-0.2, 0) is 0 Å². The van der Waals surface area contributed by atoms with Crippen LogP contribution < -0.4 is 5.32 Å². The van der Waals surface area contributed by atoms with Crippen LogP contribution in [0.4, 0.5) is 5.82 Å². The molecule has 0 saturated heterocycles. The summed E-state index contributed by atoms with van der Waals surface area (Å²) in [6.07, 6.45) is 4.30. The number of carboxylic acid groups (broad SMARTS) is 1. The number of carbonyl (C=O) groups is 1. The van der Waals surface area contributed by atoms with Gasteiger partial charge in [-0.2, -0.15) is 0 Å². The molecule has 80 valence electrons. The molecule has 0 fully saturated rings. The molecule has 0 saturated carbocycles. The van der Waals surface area contributed by atoms with E-state index in [1.807, 2.05) is 6.08 Å². The Morgan fingerprint density at radius 2 is 2.47 bits per heavy atom. The number of aromatic nitrogens is 1. The highest BCUT2D eigenvalue weighted by molar-refractivity contribution is 9.11. The molecule has 0 aliphatic rings. The molecule has 1 aromatic heterocycles. The number of aromatic carboxylic acids is 1. The molecule has 5 heteroatoms. The monoisotopic (exact) mass is 270 g/mol. The van der Waals surface area contributed by atoms with Crippen molar-refractivity contribution >= 4 is 27.7 Å². The Morgan fingerprint density at radius 3 is 3.13 bits per heavy atom. The number of nitrogens with one attached hydrogen (secondary N) is 1. The minimum atomic E-state index is -0.971. The van der Waals surface area contributed by atoms with E-state index in [0.717, 1.165) is 6.42 Å². The number of pyridine rings is 1. The van der Waals surface area contributed by atoms with Crippen molar-refractivity contribution in [2.45, 2.75) is 6.42 Å². The van der Waals surface area contributed by atoms with Gasteiger partial charge in [-0.25, -0.2) is 9.78 Å². The summed E-state index contributed by atoms with van der Waals surface area (Å²) in [5, 5.41) is 11.8. The fourth-order valence-corrected chi connectivity index (χ4v) is 1.32. The van der Waals surface area contributed by atoms with Crippen LogP contribution in [0, 0.1) is 0 Å². The molecule has 0 bridgehead atoms. The van der Waals surface area contributed by atoms with Crippen LogP contribution in [0.5, 0.6) is 0 Å². The van der Waals surface area contributed by atoms with Crippen molar-refractivity contribution in [3.63, 3.8) is 0 Å². The normalized spacial score (nSPS) is 10.5. The van der Waals surface area contributed by atoms with Crippen molar-refractivity contribution in [3.05, 3.63) is 35.0 Å². The molecule has 0 aliphatic heterocycles. The highest BCUT2D eigenvalue weighted by Gasteiger charge is 2.08. The van der Waals surface area contributed by atoms with Gasteiger partial charge in [-0.15, -0.1) is 0 Å². The van der Waals surface area contributed by atoms with Crippen molar-refractivity contribution < 1.29 is 9.90 Å². The molecule has 1 aromatic rings. The van der Waals surface area contributed by atoms with Gasteiger partial charge in [0.05, 0.1) is 0 Å². The Bertz CT molecular complexity index is 366. The summed E-state index contributed by atoms with van der Waals surface area (Å²) in [6.45, 7) is 0.652. The zero-order valence-corrected chi connectivity index (χ0v) is 9.57. The topological polar surface area (TPSA) is 62.2 Å². The molecular formula is C10H11BrN2O2. The van der Waals surface area contributed by atoms with Crippen molar-refractivity contribution in [2.24, 2.45) is 0 Å². The third-order valence-electron chi connectivity index (χ3n) is 1.73. The molecule has 2 N–H and O–H groups in total. The van der Waals surface area contributed by atoms with Crippen molar-refractivity contribution in [1.82, 2.24) is 4.98 Å². The molecular weight excluding hydrogens is 260 g/mol. The number of anilines is 1. The van der Waals surface area contributed by atoms with Crippen LogP contribution in [-0.4, -0.2) is 22.6 Å². The van der Waals surface area contributed by atoms with E-state index in [1.165, 1.54) is 6.07 Å². The number of halogens is 1. The lowest BCUT2D eigenvalue weighted by molar-refractivity contribution is 0.0697. The third kappa shape index (κ3) is 3.71. The second kappa shape index (κ2) is 6.19. The summed E-state index contributed by atoms with van der Waals surface area (Å²) in [7, 11) is 0. The first kappa shape index (κ1) is 11.7. The Morgan fingerprint density at radius 1 is 1.67 bits per heavy atom. The first-order valence-electron chi connectivity index (χ1n) is 4.43. The standard InChI is InChI=1S/C10H11BrN2O2/c11-5-1-2-6-12-9-8(10(14)15)4-3-7-13-9/h1,3-5,7H,2,6H2,(H,12,13)(H,14,15)/b5-1+. The summed E-state index contributed by atoms with van der Waals surface area (Å²) >= 11 is 3.16. The van der Waals surface area contributed by atoms with E-state index < -0.39 is 5.97 Å². The van der Waals surface area contributed by atoms with E-state index in [0.29, 0.717) is 12.4 Å². The summed E-state index contributed by atoms with van der Waals surface area (Å²) in [4.78, 5) is 16.5. The van der Waals surface area contributed by atoms with Gasteiger partial charge in [-0.1, -0.05) is 22.0 Å². The minimum absolute atomic E-state index is 0.195. The lowest BCUT2D eigenvalue weighted by atomic mass is 10.2. The third-order valence-corrected chi connectivity index (χ3v) is 2.10. The summed E-state index contributed by atoms with van der Waals surface area (Å²) < 4.78 is 0. The maximum Gasteiger partial charge on any atom is 0.339 e. The molecule has 0 radical (unpaired) electrons. The average Bonchev–Trinajstić information content (AvgIpc) is 2.25. The van der Waals surface area contributed by atoms with Crippen LogP contribution >= 0.6 is 15.9 Å². The van der Waals surface area contributed by atoms with E-state index in [4.69, 9.17) is 5.11 Å². The molecule has 15 heavy (non-hydrogen) atoms. The van der Waals surface area contributed by atoms with Crippen LogP contribution in [0.2, 0.25) is 0 Å². The number of nitrogens with zero attached hydrogens (tertiary/aromatic N) is 1. The molecule has 1 rings (SSSR count). The largest absolute Gasteiger partial charge is 0.478 e. The predicted molar refractivity (Wildman–Crippen MR) is 62.4 cm³/mol. The molecule has 4 nitrogen and oxygen atoms in total. The lowest BCUT2D eigenvalue weighted by Gasteiger charge is -2.06. The van der Waals surface area contributed by atoms with Gasteiger partial charge in [0.15, 0.2) is 0 Å². The zero-order chi connectivity index (χ0) is 11.1. The highest BCUT2D eigenvalue weighted by Crippen LogP contribution is 2.10. The minimum Gasteiger partial charge on any atom is -0.478 e. The Balaban J connectivity index is 2.63. The van der Waals surface area contributed by atoms with Crippen molar-refractivity contribution in [2.75, 3.05) is 11.9 Å². The second-order valence-corrected chi connectivity index (χ2v) is 3.31. The van der Waals surface area contributed by atoms with Gasteiger partial charge in [0, 0.05) is 12.7 Å². The van der Waals surface area contributed by atoms with Gasteiger partial charge >= 0.3 is 5.97 Å². The number of carboxylic acids is 1. The smallest absolute Gasteiger partial charge is 0.339 e. The molecule has 0 aliphatic carbocycles. The number of rotatable bonds is 5. The first-order chi connectivity index (χ1) is 7.25. The maximum absolute atomic E-state index is 10.8. The molecule has 0 amide bonds.